The summed E-state index contributed by atoms with van der Waals surface area (Å²) in [5.74, 6) is 0.802. The molecule has 27 heavy (non-hydrogen) atoms. The van der Waals surface area contributed by atoms with E-state index in [1.807, 2.05) is 24.1 Å². The number of hydrogen-bond acceptors (Lipinski definition) is 5. The van der Waals surface area contributed by atoms with E-state index >= 15 is 0 Å². The van der Waals surface area contributed by atoms with Gasteiger partial charge in [0, 0.05) is 38.5 Å². The van der Waals surface area contributed by atoms with Crippen LogP contribution in [0, 0.1) is 0 Å². The van der Waals surface area contributed by atoms with Gasteiger partial charge in [-0.25, -0.2) is 0 Å². The third-order valence-corrected chi connectivity index (χ3v) is 4.05. The zero-order chi connectivity index (χ0) is 19.9. The Morgan fingerprint density at radius 2 is 1.93 bits per heavy atom. The van der Waals surface area contributed by atoms with Crippen molar-refractivity contribution in [1.29, 1.82) is 0 Å². The standard InChI is InChI=1S/C19H38N6O2/c1-6-8-10-26-12-13-27-11-9-21-19(20-7-2)22-15-18(24(3)4)17-14-23-25(5)16-17/h14,16,18H,6-13,15H2,1-5H3,(H2,20,21,22). The molecule has 0 amide bonds. The summed E-state index contributed by atoms with van der Waals surface area (Å²) in [5.41, 5.74) is 1.16. The molecule has 2 N–H and O–H groups in total. The fraction of sp³-hybridized carbons (Fsp3) is 0.789. The molecule has 0 saturated heterocycles. The molecule has 1 unspecified atom stereocenters. The molecule has 1 aromatic heterocycles. The number of guanidine groups is 1. The van der Waals surface area contributed by atoms with Gasteiger partial charge in [0.25, 0.3) is 0 Å². The summed E-state index contributed by atoms with van der Waals surface area (Å²) in [6.45, 7) is 9.13. The fourth-order valence-corrected chi connectivity index (χ4v) is 2.51. The third kappa shape index (κ3) is 10.3. The summed E-state index contributed by atoms with van der Waals surface area (Å²) in [4.78, 5) is 6.88. The number of rotatable bonds is 14. The van der Waals surface area contributed by atoms with E-state index in [2.05, 4.69) is 48.6 Å². The maximum atomic E-state index is 5.59. The van der Waals surface area contributed by atoms with Crippen LogP contribution in [0.25, 0.3) is 0 Å². The molecular weight excluding hydrogens is 344 g/mol. The molecule has 156 valence electrons. The van der Waals surface area contributed by atoms with Gasteiger partial charge in [-0.1, -0.05) is 13.3 Å². The number of likely N-dealkylation sites (N-methyl/N-ethyl adjacent to an activating group) is 1. The van der Waals surface area contributed by atoms with Gasteiger partial charge in [-0.3, -0.25) is 9.67 Å². The number of aromatic nitrogens is 2. The zero-order valence-corrected chi connectivity index (χ0v) is 17.7. The van der Waals surface area contributed by atoms with Crippen molar-refractivity contribution in [1.82, 2.24) is 25.3 Å². The summed E-state index contributed by atoms with van der Waals surface area (Å²) in [5, 5.41) is 10.9. The Morgan fingerprint density at radius 1 is 1.19 bits per heavy atom. The topological polar surface area (TPSA) is 75.9 Å². The van der Waals surface area contributed by atoms with E-state index in [-0.39, 0.29) is 6.04 Å². The van der Waals surface area contributed by atoms with Crippen molar-refractivity contribution in [2.45, 2.75) is 32.7 Å². The predicted octanol–water partition coefficient (Wildman–Crippen LogP) is 1.41. The Labute approximate surface area is 164 Å². The molecule has 0 aliphatic carbocycles. The Hall–Kier alpha value is -1.64. The summed E-state index contributed by atoms with van der Waals surface area (Å²) in [7, 11) is 6.05. The average molecular weight is 383 g/mol. The molecule has 0 saturated carbocycles. The van der Waals surface area contributed by atoms with E-state index in [9.17, 15) is 0 Å². The highest BCUT2D eigenvalue weighted by atomic mass is 16.5. The van der Waals surface area contributed by atoms with Gasteiger partial charge in [-0.05, 0) is 27.4 Å². The summed E-state index contributed by atoms with van der Waals surface area (Å²) < 4.78 is 12.9. The smallest absolute Gasteiger partial charge is 0.191 e. The lowest BCUT2D eigenvalue weighted by molar-refractivity contribution is 0.0487. The number of nitrogens with zero attached hydrogens (tertiary/aromatic N) is 4. The molecule has 0 spiro atoms. The minimum Gasteiger partial charge on any atom is -0.379 e. The quantitative estimate of drug-likeness (QED) is 0.288. The number of ether oxygens (including phenoxy) is 2. The third-order valence-electron chi connectivity index (χ3n) is 4.05. The fourth-order valence-electron chi connectivity index (χ4n) is 2.51. The van der Waals surface area contributed by atoms with Crippen molar-refractivity contribution in [3.05, 3.63) is 18.0 Å². The van der Waals surface area contributed by atoms with Crippen LogP contribution in [0.1, 0.15) is 38.3 Å². The zero-order valence-electron chi connectivity index (χ0n) is 17.7. The molecule has 1 heterocycles. The minimum absolute atomic E-state index is 0.186. The lowest BCUT2D eigenvalue weighted by atomic mass is 10.1. The molecule has 0 bridgehead atoms. The van der Waals surface area contributed by atoms with Crippen LogP contribution in [0.3, 0.4) is 0 Å². The van der Waals surface area contributed by atoms with Crippen LogP contribution in [0.2, 0.25) is 0 Å². The number of aryl methyl sites for hydroxylation is 1. The van der Waals surface area contributed by atoms with Gasteiger partial charge in [0.2, 0.25) is 0 Å². The highest BCUT2D eigenvalue weighted by Gasteiger charge is 2.15. The van der Waals surface area contributed by atoms with Crippen molar-refractivity contribution in [3.63, 3.8) is 0 Å². The molecular formula is C19H38N6O2. The first kappa shape index (κ1) is 23.4. The van der Waals surface area contributed by atoms with Crippen molar-refractivity contribution >= 4 is 5.96 Å². The van der Waals surface area contributed by atoms with Gasteiger partial charge in [0.15, 0.2) is 5.96 Å². The van der Waals surface area contributed by atoms with Crippen molar-refractivity contribution in [2.24, 2.45) is 12.0 Å². The molecule has 0 aliphatic heterocycles. The Kier molecular flexibility index (Phi) is 12.5. The average Bonchev–Trinajstić information content (AvgIpc) is 3.06. The van der Waals surface area contributed by atoms with Crippen LogP contribution in [-0.2, 0) is 16.5 Å². The number of aliphatic imine (C=N–C) groups is 1. The van der Waals surface area contributed by atoms with Crippen molar-refractivity contribution < 1.29 is 9.47 Å². The normalized spacial score (nSPS) is 13.2. The number of nitrogens with one attached hydrogen (secondary N) is 2. The molecule has 0 fully saturated rings. The van der Waals surface area contributed by atoms with Gasteiger partial charge >= 0.3 is 0 Å². The van der Waals surface area contributed by atoms with Gasteiger partial charge in [-0.15, -0.1) is 0 Å². The van der Waals surface area contributed by atoms with Crippen LogP contribution in [-0.4, -0.2) is 80.8 Å². The Bertz CT molecular complexity index is 518. The van der Waals surface area contributed by atoms with Gasteiger partial charge in [0.1, 0.15) is 0 Å². The lowest BCUT2D eigenvalue weighted by Crippen LogP contribution is -2.39. The van der Waals surface area contributed by atoms with E-state index in [0.29, 0.717) is 32.9 Å². The van der Waals surface area contributed by atoms with Crippen LogP contribution in [0.4, 0.5) is 0 Å². The molecule has 8 nitrogen and oxygen atoms in total. The van der Waals surface area contributed by atoms with E-state index < -0.39 is 0 Å². The maximum Gasteiger partial charge on any atom is 0.191 e. The monoisotopic (exact) mass is 382 g/mol. The molecule has 0 aliphatic rings. The largest absolute Gasteiger partial charge is 0.379 e. The minimum atomic E-state index is 0.186. The van der Waals surface area contributed by atoms with E-state index in [0.717, 1.165) is 37.5 Å². The first-order valence-corrected chi connectivity index (χ1v) is 9.91. The highest BCUT2D eigenvalue weighted by Crippen LogP contribution is 2.17. The second kappa shape index (κ2) is 14.4. The molecule has 0 aromatic carbocycles. The Balaban J connectivity index is 2.36. The first-order valence-electron chi connectivity index (χ1n) is 9.91. The molecule has 0 radical (unpaired) electrons. The van der Waals surface area contributed by atoms with Crippen LogP contribution in [0.15, 0.2) is 17.4 Å². The lowest BCUT2D eigenvalue weighted by Gasteiger charge is -2.22. The first-order chi connectivity index (χ1) is 13.1. The SMILES string of the molecule is CCCCOCCOCCNC(=NCC(c1cnn(C)c1)N(C)C)NCC. The molecule has 1 atom stereocenters. The van der Waals surface area contributed by atoms with Crippen molar-refractivity contribution in [3.8, 4) is 0 Å². The maximum absolute atomic E-state index is 5.59. The van der Waals surface area contributed by atoms with E-state index in [1.54, 1.807) is 0 Å². The second-order valence-electron chi connectivity index (χ2n) is 6.65. The van der Waals surface area contributed by atoms with E-state index in [1.165, 1.54) is 0 Å². The van der Waals surface area contributed by atoms with E-state index in [4.69, 9.17) is 14.5 Å². The summed E-state index contributed by atoms with van der Waals surface area (Å²) in [6, 6.07) is 0.186. The van der Waals surface area contributed by atoms with Crippen LogP contribution in [0.5, 0.6) is 0 Å². The molecule has 8 heteroatoms. The van der Waals surface area contributed by atoms with Crippen LogP contribution < -0.4 is 10.6 Å². The van der Waals surface area contributed by atoms with Gasteiger partial charge in [0.05, 0.1) is 38.6 Å². The summed E-state index contributed by atoms with van der Waals surface area (Å²) in [6.07, 6.45) is 6.21. The molecule has 1 rings (SSSR count). The number of hydrogen-bond donors (Lipinski definition) is 2. The van der Waals surface area contributed by atoms with Gasteiger partial charge < -0.3 is 25.0 Å². The highest BCUT2D eigenvalue weighted by molar-refractivity contribution is 5.79. The predicted molar refractivity (Wildman–Crippen MR) is 110 cm³/mol. The Morgan fingerprint density at radius 3 is 2.52 bits per heavy atom. The molecule has 1 aromatic rings. The number of unbranched alkanes of at least 4 members (excludes halogenated alkanes) is 1. The van der Waals surface area contributed by atoms with Gasteiger partial charge in [-0.2, -0.15) is 5.10 Å². The summed E-state index contributed by atoms with van der Waals surface area (Å²) >= 11 is 0. The van der Waals surface area contributed by atoms with Crippen LogP contribution >= 0.6 is 0 Å². The van der Waals surface area contributed by atoms with Crippen molar-refractivity contribution in [2.75, 3.05) is 60.2 Å². The second-order valence-corrected chi connectivity index (χ2v) is 6.65.